The van der Waals surface area contributed by atoms with E-state index in [0.29, 0.717) is 6.61 Å². The minimum Gasteiger partial charge on any atom is -0.465 e. The van der Waals surface area contributed by atoms with Gasteiger partial charge in [-0.15, -0.1) is 0 Å². The summed E-state index contributed by atoms with van der Waals surface area (Å²) in [6, 6.07) is 0. The Labute approximate surface area is 85.5 Å². The molecule has 13 heavy (non-hydrogen) atoms. The highest BCUT2D eigenvalue weighted by Gasteiger charge is 2.15. The van der Waals surface area contributed by atoms with Gasteiger partial charge in [-0.05, 0) is 11.8 Å². The van der Waals surface area contributed by atoms with Crippen molar-refractivity contribution in [3.05, 3.63) is 0 Å². The van der Waals surface area contributed by atoms with Crippen LogP contribution in [0.15, 0.2) is 0 Å². The van der Waals surface area contributed by atoms with Crippen molar-refractivity contribution in [1.29, 1.82) is 5.26 Å². The van der Waals surface area contributed by atoms with E-state index in [0.717, 1.165) is 6.42 Å². The van der Waals surface area contributed by atoms with Gasteiger partial charge in [0.2, 0.25) is 0 Å². The van der Waals surface area contributed by atoms with E-state index in [-0.39, 0.29) is 11.4 Å². The van der Waals surface area contributed by atoms with E-state index in [1.807, 2.05) is 0 Å². The lowest BCUT2D eigenvalue weighted by atomic mass is 9.92. The van der Waals surface area contributed by atoms with Crippen LogP contribution < -0.4 is 0 Å². The Bertz CT molecular complexity index is 185. The fraction of sp³-hybridized carbons (Fsp3) is 0.778. The van der Waals surface area contributed by atoms with Gasteiger partial charge in [-0.3, -0.25) is 4.79 Å². The minimum atomic E-state index is -0.193. The van der Waals surface area contributed by atoms with Gasteiger partial charge in [-0.2, -0.15) is 5.26 Å². The highest BCUT2D eigenvalue weighted by atomic mass is 32.1. The van der Waals surface area contributed by atoms with Gasteiger partial charge in [0.15, 0.2) is 0 Å². The lowest BCUT2D eigenvalue weighted by Crippen LogP contribution is -2.19. The molecule has 0 saturated carbocycles. The molecule has 4 heteroatoms. The van der Waals surface area contributed by atoms with E-state index < -0.39 is 0 Å². The largest absolute Gasteiger partial charge is 0.465 e. The van der Waals surface area contributed by atoms with E-state index in [1.54, 1.807) is 0 Å². The van der Waals surface area contributed by atoms with Gasteiger partial charge in [0.05, 0.1) is 6.61 Å². The molecule has 0 rings (SSSR count). The first-order valence-corrected chi connectivity index (χ1v) is 4.51. The van der Waals surface area contributed by atoms with Crippen LogP contribution >= 0.6 is 12.6 Å². The van der Waals surface area contributed by atoms with Crippen molar-refractivity contribution >= 4 is 18.6 Å². The Morgan fingerprint density at radius 2 is 2.00 bits per heavy atom. The quantitative estimate of drug-likeness (QED) is 0.435. The monoisotopic (exact) mass is 203 g/mol. The highest BCUT2D eigenvalue weighted by Crippen LogP contribution is 2.19. The molecular formula is C9H17NO2S. The van der Waals surface area contributed by atoms with Crippen LogP contribution in [0, 0.1) is 16.1 Å². The molecule has 0 atom stereocenters. The number of hydrogen-bond acceptors (Lipinski definition) is 4. The number of ether oxygens (including phenoxy) is 1. The molecule has 0 bridgehead atoms. The van der Waals surface area contributed by atoms with Crippen LogP contribution in [0.4, 0.5) is 0 Å². The van der Waals surface area contributed by atoms with Crippen LogP contribution in [-0.2, 0) is 9.53 Å². The molecule has 0 aliphatic heterocycles. The van der Waals surface area contributed by atoms with E-state index >= 15 is 0 Å². The molecular weight excluding hydrogens is 186 g/mol. The summed E-state index contributed by atoms with van der Waals surface area (Å²) in [6.07, 6.45) is 1.03. The summed E-state index contributed by atoms with van der Waals surface area (Å²) in [5.74, 6) is -0.193. The smallest absolute Gasteiger partial charge is 0.302 e. The van der Waals surface area contributed by atoms with Gasteiger partial charge in [0, 0.05) is 6.92 Å². The molecule has 0 aliphatic rings. The normalized spacial score (nSPS) is 9.23. The van der Waals surface area contributed by atoms with Crippen molar-refractivity contribution in [2.75, 3.05) is 6.61 Å². The molecule has 0 aromatic rings. The Kier molecular flexibility index (Phi) is 9.04. The van der Waals surface area contributed by atoms with Crippen LogP contribution in [0.1, 0.15) is 34.1 Å². The molecule has 3 nitrogen and oxygen atoms in total. The third kappa shape index (κ3) is 14.2. The zero-order valence-corrected chi connectivity index (χ0v) is 9.52. The summed E-state index contributed by atoms with van der Waals surface area (Å²) >= 11 is 3.09. The van der Waals surface area contributed by atoms with Crippen molar-refractivity contribution < 1.29 is 9.53 Å². The maximum absolute atomic E-state index is 10.4. The van der Waals surface area contributed by atoms with E-state index in [1.165, 1.54) is 12.3 Å². The number of esters is 1. The van der Waals surface area contributed by atoms with Gasteiger partial charge in [0.25, 0.3) is 0 Å². The predicted octanol–water partition coefficient (Wildman–Crippen LogP) is 2.38. The van der Waals surface area contributed by atoms with Gasteiger partial charge in [0.1, 0.15) is 5.40 Å². The Hall–Kier alpha value is -0.690. The first-order valence-electron chi connectivity index (χ1n) is 4.06. The van der Waals surface area contributed by atoms with Crippen LogP contribution in [0.2, 0.25) is 0 Å². The lowest BCUT2D eigenvalue weighted by molar-refractivity contribution is -0.144. The summed E-state index contributed by atoms with van der Waals surface area (Å²) in [6.45, 7) is 8.21. The number of nitriles is 1. The molecule has 76 valence electrons. The second kappa shape index (κ2) is 7.93. The van der Waals surface area contributed by atoms with E-state index in [4.69, 9.17) is 10.00 Å². The first-order chi connectivity index (χ1) is 5.89. The van der Waals surface area contributed by atoms with Gasteiger partial charge < -0.3 is 4.74 Å². The van der Waals surface area contributed by atoms with E-state index in [2.05, 4.69) is 33.4 Å². The third-order valence-electron chi connectivity index (χ3n) is 1.62. The summed E-state index contributed by atoms with van der Waals surface area (Å²) in [5.41, 5.74) is 0.131. The molecule has 0 radical (unpaired) electrons. The van der Waals surface area contributed by atoms with Crippen LogP contribution in [0.3, 0.4) is 0 Å². The van der Waals surface area contributed by atoms with Crippen LogP contribution in [0.25, 0.3) is 0 Å². The summed E-state index contributed by atoms with van der Waals surface area (Å²) in [5, 5.41) is 8.63. The third-order valence-corrected chi connectivity index (χ3v) is 1.62. The number of thiocyanates is 1. The van der Waals surface area contributed by atoms with Gasteiger partial charge in [-0.25, -0.2) is 0 Å². The maximum Gasteiger partial charge on any atom is 0.302 e. The number of carbonyl (C=O) groups excluding carboxylic acids is 1. The summed E-state index contributed by atoms with van der Waals surface area (Å²) in [7, 11) is 0. The molecule has 0 spiro atoms. The molecule has 0 saturated heterocycles. The SMILES string of the molecule is CCC(C)(C)COC(C)=O.N#CS. The van der Waals surface area contributed by atoms with E-state index in [9.17, 15) is 4.79 Å². The van der Waals surface area contributed by atoms with Gasteiger partial charge >= 0.3 is 5.97 Å². The van der Waals surface area contributed by atoms with Crippen LogP contribution in [-0.4, -0.2) is 12.6 Å². The number of carbonyl (C=O) groups is 1. The number of hydrogen-bond donors (Lipinski definition) is 1. The fourth-order valence-corrected chi connectivity index (χ4v) is 0.399. The molecule has 0 heterocycles. The molecule has 0 aromatic heterocycles. The molecule has 0 aliphatic carbocycles. The predicted molar refractivity (Wildman–Crippen MR) is 55.3 cm³/mol. The highest BCUT2D eigenvalue weighted by molar-refractivity contribution is 7.85. The standard InChI is InChI=1S/C8H16O2.CHNS/c1-5-8(3,4)6-10-7(2)9;2-1-3/h5-6H2,1-4H3;3H. The van der Waals surface area contributed by atoms with Crippen molar-refractivity contribution in [3.8, 4) is 5.40 Å². The number of nitrogens with zero attached hydrogens (tertiary/aromatic N) is 1. The second-order valence-electron chi connectivity index (χ2n) is 3.40. The molecule has 0 unspecified atom stereocenters. The Morgan fingerprint density at radius 1 is 1.62 bits per heavy atom. The average Bonchev–Trinajstić information content (AvgIpc) is 2.03. The zero-order valence-electron chi connectivity index (χ0n) is 8.63. The van der Waals surface area contributed by atoms with Crippen molar-refractivity contribution in [1.82, 2.24) is 0 Å². The number of rotatable bonds is 3. The van der Waals surface area contributed by atoms with Crippen LogP contribution in [0.5, 0.6) is 0 Å². The molecule has 0 amide bonds. The Balaban J connectivity index is 0. The second-order valence-corrected chi connectivity index (χ2v) is 3.60. The fourth-order valence-electron chi connectivity index (χ4n) is 0.399. The lowest BCUT2D eigenvalue weighted by Gasteiger charge is -2.21. The Morgan fingerprint density at radius 3 is 2.23 bits per heavy atom. The summed E-state index contributed by atoms with van der Waals surface area (Å²) in [4.78, 5) is 10.4. The number of thiol groups is 1. The minimum absolute atomic E-state index is 0.131. The zero-order chi connectivity index (χ0) is 10.9. The molecule has 0 N–H and O–H groups in total. The topological polar surface area (TPSA) is 50.1 Å². The molecule has 0 aromatic carbocycles. The first kappa shape index (κ1) is 14.8. The summed E-state index contributed by atoms with van der Waals surface area (Å²) < 4.78 is 4.86. The molecule has 0 fully saturated rings. The van der Waals surface area contributed by atoms with Crippen molar-refractivity contribution in [2.45, 2.75) is 34.1 Å². The van der Waals surface area contributed by atoms with Gasteiger partial charge in [-0.1, -0.05) is 33.4 Å². The maximum atomic E-state index is 10.4. The average molecular weight is 203 g/mol. The van der Waals surface area contributed by atoms with Crippen molar-refractivity contribution in [3.63, 3.8) is 0 Å². The van der Waals surface area contributed by atoms with Crippen molar-refractivity contribution in [2.24, 2.45) is 5.41 Å².